The highest BCUT2D eigenvalue weighted by molar-refractivity contribution is 6.45. The van der Waals surface area contributed by atoms with E-state index < -0.39 is 42.2 Å². The summed E-state index contributed by atoms with van der Waals surface area (Å²) in [5, 5.41) is 0. The Labute approximate surface area is 150 Å². The van der Waals surface area contributed by atoms with Crippen molar-refractivity contribution in [3.63, 3.8) is 0 Å². The van der Waals surface area contributed by atoms with Crippen LogP contribution < -0.4 is 0 Å². The van der Waals surface area contributed by atoms with E-state index in [9.17, 15) is 24.0 Å². The molecule has 1 aromatic rings. The quantitative estimate of drug-likeness (QED) is 0.351. The molecule has 2 rings (SSSR count). The summed E-state index contributed by atoms with van der Waals surface area (Å²) in [4.78, 5) is 65.5. The van der Waals surface area contributed by atoms with E-state index in [2.05, 4.69) is 4.98 Å². The topological polar surface area (TPSA) is 117 Å². The molecule has 1 aromatic heterocycles. The van der Waals surface area contributed by atoms with Crippen molar-refractivity contribution >= 4 is 29.6 Å². The zero-order valence-electron chi connectivity index (χ0n) is 15.3. The molecule has 0 radical (unpaired) electrons. The van der Waals surface area contributed by atoms with Crippen molar-refractivity contribution in [2.75, 3.05) is 13.2 Å². The van der Waals surface area contributed by atoms with Crippen LogP contribution in [0.5, 0.6) is 0 Å². The maximum Gasteiger partial charge on any atom is 0.340 e. The Morgan fingerprint density at radius 3 is 2.12 bits per heavy atom. The molecule has 4 amide bonds. The zero-order valence-corrected chi connectivity index (χ0v) is 15.3. The van der Waals surface area contributed by atoms with Gasteiger partial charge < -0.3 is 9.72 Å². The van der Waals surface area contributed by atoms with Gasteiger partial charge in [-0.3, -0.25) is 19.3 Å². The van der Waals surface area contributed by atoms with Crippen molar-refractivity contribution in [2.45, 2.75) is 40.7 Å². The Morgan fingerprint density at radius 2 is 1.62 bits per heavy atom. The molecule has 1 saturated heterocycles. The van der Waals surface area contributed by atoms with Crippen LogP contribution in [0.2, 0.25) is 0 Å². The molecule has 0 bridgehead atoms. The molecule has 0 aromatic carbocycles. The molecule has 1 aliphatic rings. The Balaban J connectivity index is 2.34. The molecule has 0 spiro atoms. The van der Waals surface area contributed by atoms with Crippen LogP contribution in [0, 0.1) is 13.8 Å². The van der Waals surface area contributed by atoms with Gasteiger partial charge in [0, 0.05) is 17.4 Å². The van der Waals surface area contributed by atoms with Crippen LogP contribution in [0.1, 0.15) is 52.9 Å². The number of hydrogen-bond acceptors (Lipinski definition) is 6. The second-order valence-corrected chi connectivity index (χ2v) is 6.21. The number of amides is 4. The highest BCUT2D eigenvalue weighted by Gasteiger charge is 2.46. The first-order valence-corrected chi connectivity index (χ1v) is 8.20. The van der Waals surface area contributed by atoms with Crippen molar-refractivity contribution in [1.29, 1.82) is 0 Å². The predicted molar refractivity (Wildman–Crippen MR) is 89.6 cm³/mol. The lowest BCUT2D eigenvalue weighted by atomic mass is 10.0. The summed E-state index contributed by atoms with van der Waals surface area (Å²) < 4.78 is 4.97. The fourth-order valence-electron chi connectivity index (χ4n) is 2.93. The van der Waals surface area contributed by atoms with E-state index in [1.807, 2.05) is 0 Å². The lowest BCUT2D eigenvalue weighted by molar-refractivity contribution is -0.143. The zero-order chi connectivity index (χ0) is 19.8. The molecule has 0 aliphatic carbocycles. The van der Waals surface area contributed by atoms with Gasteiger partial charge in [0.05, 0.1) is 24.3 Å². The number of aryl methyl sites for hydroxylation is 2. The summed E-state index contributed by atoms with van der Waals surface area (Å²) in [6, 6.07) is -1.35. The largest absolute Gasteiger partial charge is 0.462 e. The van der Waals surface area contributed by atoms with Crippen molar-refractivity contribution < 1.29 is 28.7 Å². The average molecular weight is 363 g/mol. The van der Waals surface area contributed by atoms with Crippen LogP contribution in [-0.2, 0) is 14.3 Å². The Morgan fingerprint density at radius 1 is 1.04 bits per heavy atom. The third-order valence-electron chi connectivity index (χ3n) is 4.04. The molecule has 2 heterocycles. The molecule has 0 atom stereocenters. The van der Waals surface area contributed by atoms with Gasteiger partial charge in [0.2, 0.25) is 0 Å². The van der Waals surface area contributed by atoms with Gasteiger partial charge in [0.15, 0.2) is 5.78 Å². The van der Waals surface area contributed by atoms with Gasteiger partial charge in [-0.15, -0.1) is 0 Å². The summed E-state index contributed by atoms with van der Waals surface area (Å²) in [6.45, 7) is 7.55. The minimum Gasteiger partial charge on any atom is -0.462 e. The maximum absolute atomic E-state index is 12.7. The number of ketones is 1. The van der Waals surface area contributed by atoms with Crippen LogP contribution in [-0.4, -0.2) is 63.6 Å². The number of hydrogen-bond donors (Lipinski definition) is 1. The maximum atomic E-state index is 12.7. The van der Waals surface area contributed by atoms with E-state index in [1.165, 1.54) is 0 Å². The summed E-state index contributed by atoms with van der Waals surface area (Å²) in [7, 11) is 0. The molecule has 9 heteroatoms. The fraction of sp³-hybridized carbons (Fsp3) is 0.471. The molecule has 0 unspecified atom stereocenters. The number of rotatable bonds is 6. The SMILES string of the molecule is CCOC(=O)c1c(C)[nH]c(C)c1C(=O)CN1C(=O)C(=O)N(C(C)C)C1=O. The van der Waals surface area contributed by atoms with Gasteiger partial charge >= 0.3 is 23.8 Å². The number of carbonyl (C=O) groups is 5. The van der Waals surface area contributed by atoms with Crippen molar-refractivity contribution in [1.82, 2.24) is 14.8 Å². The van der Waals surface area contributed by atoms with E-state index in [-0.39, 0.29) is 17.7 Å². The molecule has 0 saturated carbocycles. The summed E-state index contributed by atoms with van der Waals surface area (Å²) >= 11 is 0. The lowest BCUT2D eigenvalue weighted by Crippen LogP contribution is -2.39. The van der Waals surface area contributed by atoms with Gasteiger partial charge in [-0.1, -0.05) is 0 Å². The molecule has 26 heavy (non-hydrogen) atoms. The van der Waals surface area contributed by atoms with Crippen molar-refractivity contribution in [3.05, 3.63) is 22.5 Å². The smallest absolute Gasteiger partial charge is 0.340 e. The van der Waals surface area contributed by atoms with E-state index in [0.717, 1.165) is 4.90 Å². The predicted octanol–water partition coefficient (Wildman–Crippen LogP) is 1.19. The van der Waals surface area contributed by atoms with Gasteiger partial charge in [0.25, 0.3) is 0 Å². The number of aromatic nitrogens is 1. The van der Waals surface area contributed by atoms with Crippen LogP contribution in [0.15, 0.2) is 0 Å². The molecule has 1 aliphatic heterocycles. The van der Waals surface area contributed by atoms with E-state index >= 15 is 0 Å². The highest BCUT2D eigenvalue weighted by Crippen LogP contribution is 2.22. The number of Topliss-reactive ketones (excluding diaryl/α,β-unsaturated/α-hetero) is 1. The molecule has 140 valence electrons. The first kappa shape index (κ1) is 19.4. The number of imide groups is 2. The third-order valence-corrected chi connectivity index (χ3v) is 4.04. The number of esters is 1. The second-order valence-electron chi connectivity index (χ2n) is 6.21. The van der Waals surface area contributed by atoms with E-state index in [1.54, 1.807) is 34.6 Å². The summed E-state index contributed by atoms with van der Waals surface area (Å²) in [5.41, 5.74) is 0.988. The number of H-pyrrole nitrogens is 1. The van der Waals surface area contributed by atoms with Crippen LogP contribution in [0.3, 0.4) is 0 Å². The molecule has 1 N–H and O–H groups in total. The highest BCUT2D eigenvalue weighted by atomic mass is 16.5. The van der Waals surface area contributed by atoms with Gasteiger partial charge in [-0.25, -0.2) is 14.5 Å². The number of nitrogens with one attached hydrogen (secondary N) is 1. The van der Waals surface area contributed by atoms with Gasteiger partial charge in [-0.2, -0.15) is 0 Å². The van der Waals surface area contributed by atoms with Crippen LogP contribution in [0.4, 0.5) is 4.79 Å². The van der Waals surface area contributed by atoms with Crippen LogP contribution >= 0.6 is 0 Å². The lowest BCUT2D eigenvalue weighted by Gasteiger charge is -2.18. The number of urea groups is 1. The fourth-order valence-corrected chi connectivity index (χ4v) is 2.93. The molecular formula is C17H21N3O6. The number of aromatic amines is 1. The molecule has 9 nitrogen and oxygen atoms in total. The number of carbonyl (C=O) groups excluding carboxylic acids is 5. The standard InChI is InChI=1S/C17H21N3O6/c1-6-26-16(24)13-10(5)18-9(4)12(13)11(21)7-19-14(22)15(23)20(8(2)3)17(19)25/h8,18H,6-7H2,1-5H3. The Bertz CT molecular complexity index is 808. The molecular weight excluding hydrogens is 342 g/mol. The first-order chi connectivity index (χ1) is 12.1. The van der Waals surface area contributed by atoms with Crippen molar-refractivity contribution in [2.24, 2.45) is 0 Å². The minimum absolute atomic E-state index is 0.0528. The van der Waals surface area contributed by atoms with Crippen LogP contribution in [0.25, 0.3) is 0 Å². The van der Waals surface area contributed by atoms with Gasteiger partial charge in [0.1, 0.15) is 0 Å². The Hall–Kier alpha value is -2.97. The van der Waals surface area contributed by atoms with Crippen molar-refractivity contribution in [3.8, 4) is 0 Å². The molecule has 1 fully saturated rings. The number of nitrogens with zero attached hydrogens (tertiary/aromatic N) is 2. The summed E-state index contributed by atoms with van der Waals surface area (Å²) in [5.74, 6) is -3.32. The number of ether oxygens (including phenoxy) is 1. The second kappa shape index (κ2) is 7.11. The first-order valence-electron chi connectivity index (χ1n) is 8.20. The monoisotopic (exact) mass is 363 g/mol. The Kier molecular flexibility index (Phi) is 5.29. The minimum atomic E-state index is -1.06. The third kappa shape index (κ3) is 3.12. The summed E-state index contributed by atoms with van der Waals surface area (Å²) in [6.07, 6.45) is 0. The van der Waals surface area contributed by atoms with E-state index in [0.29, 0.717) is 16.3 Å². The van der Waals surface area contributed by atoms with E-state index in [4.69, 9.17) is 4.74 Å². The normalized spacial score (nSPS) is 14.6. The van der Waals surface area contributed by atoms with Gasteiger partial charge in [-0.05, 0) is 34.6 Å². The average Bonchev–Trinajstić information content (AvgIpc) is 2.95.